The summed E-state index contributed by atoms with van der Waals surface area (Å²) in [7, 11) is 0. The third kappa shape index (κ3) is 3.75. The second kappa shape index (κ2) is 9.53. The molecule has 0 fully saturated rings. The molecule has 0 bridgehead atoms. The first-order valence-corrected chi connectivity index (χ1v) is 14.1. The van der Waals surface area contributed by atoms with E-state index in [4.69, 9.17) is 19.7 Å². The molecule has 0 amide bonds. The summed E-state index contributed by atoms with van der Waals surface area (Å²) < 4.78 is 8.66. The average molecular weight is 543 g/mol. The van der Waals surface area contributed by atoms with E-state index in [1.807, 2.05) is 84.9 Å². The third-order valence-electron chi connectivity index (χ3n) is 8.12. The maximum atomic E-state index is 6.49. The summed E-state index contributed by atoms with van der Waals surface area (Å²) in [5.41, 5.74) is 9.65. The van der Waals surface area contributed by atoms with Gasteiger partial charge in [-0.2, -0.15) is 9.97 Å². The van der Waals surface area contributed by atoms with Gasteiger partial charge in [0.25, 0.3) is 0 Å². The van der Waals surface area contributed by atoms with Crippen LogP contribution in [-0.4, -0.2) is 19.5 Å². The lowest BCUT2D eigenvalue weighted by Crippen LogP contribution is -2.07. The fourth-order valence-electron chi connectivity index (χ4n) is 6.01. The lowest BCUT2D eigenvalue weighted by Gasteiger charge is -2.13. The van der Waals surface area contributed by atoms with Crippen molar-refractivity contribution < 1.29 is 4.74 Å². The van der Waals surface area contributed by atoms with E-state index in [9.17, 15) is 0 Å². The number of rotatable bonds is 3. The number of hydrogen-bond acceptors (Lipinski definition) is 4. The molecule has 0 N–H and O–H groups in total. The summed E-state index contributed by atoms with van der Waals surface area (Å²) in [6.45, 7) is 4.33. The Kier molecular flexibility index (Phi) is 5.50. The monoisotopic (exact) mass is 542 g/mol. The van der Waals surface area contributed by atoms with E-state index in [0.29, 0.717) is 17.6 Å². The summed E-state index contributed by atoms with van der Waals surface area (Å²) in [5.74, 6) is 3.58. The van der Waals surface area contributed by atoms with Crippen molar-refractivity contribution in [3.8, 4) is 62.5 Å². The second-order valence-electron chi connectivity index (χ2n) is 10.5. The Morgan fingerprint density at radius 1 is 0.524 bits per heavy atom. The first kappa shape index (κ1) is 24.3. The number of nitrogens with zero attached hydrogens (tertiary/aromatic N) is 4. The molecule has 0 radical (unpaired) electrons. The van der Waals surface area contributed by atoms with Gasteiger partial charge in [-0.1, -0.05) is 103 Å². The molecule has 3 heterocycles. The largest absolute Gasteiger partial charge is 0.456 e. The van der Waals surface area contributed by atoms with Gasteiger partial charge in [0.2, 0.25) is 5.95 Å². The van der Waals surface area contributed by atoms with Crippen LogP contribution in [0, 0.1) is 13.8 Å². The van der Waals surface area contributed by atoms with Crippen LogP contribution in [-0.2, 0) is 0 Å². The summed E-state index contributed by atoms with van der Waals surface area (Å²) in [4.78, 5) is 15.0. The molecule has 0 saturated heterocycles. The van der Waals surface area contributed by atoms with Gasteiger partial charge in [-0.15, -0.1) is 0 Å². The number of hydrogen-bond donors (Lipinski definition) is 0. The summed E-state index contributed by atoms with van der Waals surface area (Å²) in [5, 5.41) is 1.17. The molecule has 0 saturated carbocycles. The highest BCUT2D eigenvalue weighted by molar-refractivity contribution is 6.08. The number of aryl methyl sites for hydroxylation is 1. The number of ether oxygens (including phenoxy) is 1. The van der Waals surface area contributed by atoms with E-state index in [-0.39, 0.29) is 0 Å². The van der Waals surface area contributed by atoms with Crippen LogP contribution in [0.25, 0.3) is 61.9 Å². The fraction of sp³-hybridized carbons (Fsp3) is 0.0541. The molecule has 0 atom stereocenters. The SMILES string of the molecule is Cc1c(C)n(-c2nc(-c3ccccc3)nc(-c3ccccc3)n2)c2ccc3c(c12)-c1ccccc1Oc1ccccc1-3. The quantitative estimate of drug-likeness (QED) is 0.223. The Balaban J connectivity index is 1.45. The number of fused-ring (bicyclic) bond motifs is 7. The third-order valence-corrected chi connectivity index (χ3v) is 8.12. The lowest BCUT2D eigenvalue weighted by molar-refractivity contribution is 0.488. The van der Waals surface area contributed by atoms with Gasteiger partial charge in [0.15, 0.2) is 11.6 Å². The van der Waals surface area contributed by atoms with E-state index in [2.05, 4.69) is 54.8 Å². The standard InChI is InChI=1S/C37H26N4O/c1-23-24(2)41(37-39-35(25-13-5-3-6-14-25)38-36(40-37)26-15-7-4-8-16-26)30-22-21-28-27-17-9-11-19-31(27)42-32-20-12-10-18-29(32)34(28)33(23)30/h3-22H,1-2H3. The van der Waals surface area contributed by atoms with Crippen LogP contribution >= 0.6 is 0 Å². The van der Waals surface area contributed by atoms with Crippen LogP contribution in [0.1, 0.15) is 11.3 Å². The average Bonchev–Trinajstić information content (AvgIpc) is 3.21. The lowest BCUT2D eigenvalue weighted by atomic mass is 9.90. The van der Waals surface area contributed by atoms with Crippen LogP contribution < -0.4 is 4.74 Å². The molecule has 42 heavy (non-hydrogen) atoms. The smallest absolute Gasteiger partial charge is 0.238 e. The van der Waals surface area contributed by atoms with Crippen LogP contribution in [0.5, 0.6) is 11.5 Å². The van der Waals surface area contributed by atoms with Crippen molar-refractivity contribution >= 4 is 10.9 Å². The zero-order valence-corrected chi connectivity index (χ0v) is 23.2. The summed E-state index contributed by atoms with van der Waals surface area (Å²) >= 11 is 0. The molecule has 1 aliphatic heterocycles. The van der Waals surface area contributed by atoms with Gasteiger partial charge in [0.05, 0.1) is 5.52 Å². The normalized spacial score (nSPS) is 11.8. The van der Waals surface area contributed by atoms with E-state index in [1.54, 1.807) is 0 Å². The van der Waals surface area contributed by atoms with Crippen molar-refractivity contribution in [2.45, 2.75) is 13.8 Å². The molecule has 0 aliphatic carbocycles. The second-order valence-corrected chi connectivity index (χ2v) is 10.5. The van der Waals surface area contributed by atoms with Gasteiger partial charge in [-0.3, -0.25) is 4.57 Å². The van der Waals surface area contributed by atoms with E-state index in [0.717, 1.165) is 56.1 Å². The van der Waals surface area contributed by atoms with Gasteiger partial charge in [0, 0.05) is 38.9 Å². The maximum absolute atomic E-state index is 6.49. The molecular formula is C37H26N4O. The van der Waals surface area contributed by atoms with Crippen molar-refractivity contribution in [1.29, 1.82) is 0 Å². The predicted octanol–water partition coefficient (Wildman–Crippen LogP) is 9.21. The molecule has 5 nitrogen and oxygen atoms in total. The van der Waals surface area contributed by atoms with Crippen molar-refractivity contribution in [2.24, 2.45) is 0 Å². The number of para-hydroxylation sites is 2. The van der Waals surface area contributed by atoms with Crippen molar-refractivity contribution in [1.82, 2.24) is 19.5 Å². The Morgan fingerprint density at radius 2 is 1.07 bits per heavy atom. The Hall–Kier alpha value is -5.55. The zero-order chi connectivity index (χ0) is 28.2. The molecule has 8 rings (SSSR count). The van der Waals surface area contributed by atoms with Crippen molar-refractivity contribution in [3.63, 3.8) is 0 Å². The first-order valence-electron chi connectivity index (χ1n) is 14.1. The van der Waals surface area contributed by atoms with Crippen LogP contribution in [0.15, 0.2) is 121 Å². The zero-order valence-electron chi connectivity index (χ0n) is 23.2. The molecule has 0 spiro atoms. The van der Waals surface area contributed by atoms with Gasteiger partial charge >= 0.3 is 0 Å². The number of benzene rings is 5. The van der Waals surface area contributed by atoms with Crippen LogP contribution in [0.3, 0.4) is 0 Å². The van der Waals surface area contributed by atoms with Crippen LogP contribution in [0.2, 0.25) is 0 Å². The molecule has 7 aromatic rings. The molecule has 1 aliphatic rings. The minimum atomic E-state index is 0.594. The Morgan fingerprint density at radius 3 is 1.71 bits per heavy atom. The highest BCUT2D eigenvalue weighted by Gasteiger charge is 2.26. The predicted molar refractivity (Wildman–Crippen MR) is 168 cm³/mol. The maximum Gasteiger partial charge on any atom is 0.238 e. The summed E-state index contributed by atoms with van der Waals surface area (Å²) in [6, 6.07) is 41.1. The summed E-state index contributed by atoms with van der Waals surface area (Å²) in [6.07, 6.45) is 0. The first-order chi connectivity index (χ1) is 20.7. The van der Waals surface area contributed by atoms with E-state index < -0.39 is 0 Å². The minimum Gasteiger partial charge on any atom is -0.456 e. The molecule has 5 aromatic carbocycles. The van der Waals surface area contributed by atoms with Crippen molar-refractivity contribution in [3.05, 3.63) is 133 Å². The van der Waals surface area contributed by atoms with E-state index >= 15 is 0 Å². The van der Waals surface area contributed by atoms with Crippen molar-refractivity contribution in [2.75, 3.05) is 0 Å². The Labute approximate surface area is 243 Å². The molecular weight excluding hydrogens is 516 g/mol. The minimum absolute atomic E-state index is 0.594. The van der Waals surface area contributed by atoms with Gasteiger partial charge in [0.1, 0.15) is 11.5 Å². The highest BCUT2D eigenvalue weighted by atomic mass is 16.5. The van der Waals surface area contributed by atoms with Gasteiger partial charge < -0.3 is 4.74 Å². The molecule has 200 valence electrons. The fourth-order valence-corrected chi connectivity index (χ4v) is 6.01. The molecule has 5 heteroatoms. The van der Waals surface area contributed by atoms with Gasteiger partial charge in [-0.25, -0.2) is 4.98 Å². The molecule has 2 aromatic heterocycles. The molecule has 0 unspecified atom stereocenters. The topological polar surface area (TPSA) is 52.8 Å². The number of aromatic nitrogens is 4. The van der Waals surface area contributed by atoms with Gasteiger partial charge in [-0.05, 0) is 43.2 Å². The van der Waals surface area contributed by atoms with E-state index in [1.165, 1.54) is 10.9 Å². The highest BCUT2D eigenvalue weighted by Crippen LogP contribution is 2.50. The Bertz CT molecular complexity index is 2070. The van der Waals surface area contributed by atoms with Crippen LogP contribution in [0.4, 0.5) is 0 Å².